The molecular formula is C13H17BNO2. The van der Waals surface area contributed by atoms with Crippen molar-refractivity contribution in [2.24, 2.45) is 0 Å². The van der Waals surface area contributed by atoms with Crippen LogP contribution in [0.15, 0.2) is 24.3 Å². The maximum atomic E-state index is 9.94. The first-order valence-corrected chi connectivity index (χ1v) is 5.50. The van der Waals surface area contributed by atoms with E-state index in [-0.39, 0.29) is 0 Å². The minimum atomic E-state index is -0.967. The Morgan fingerprint density at radius 1 is 1.24 bits per heavy atom. The Balaban J connectivity index is 2.78. The third kappa shape index (κ3) is 3.32. The highest BCUT2D eigenvalue weighted by Crippen LogP contribution is 2.24. The van der Waals surface area contributed by atoms with Crippen molar-refractivity contribution in [3.8, 4) is 6.07 Å². The minimum Gasteiger partial charge on any atom is -0.427 e. The first-order chi connectivity index (χ1) is 7.78. The monoisotopic (exact) mass is 230 g/mol. The zero-order valence-corrected chi connectivity index (χ0v) is 10.7. The van der Waals surface area contributed by atoms with Gasteiger partial charge in [0.05, 0.1) is 17.3 Å². The van der Waals surface area contributed by atoms with Crippen molar-refractivity contribution < 1.29 is 9.76 Å². The first kappa shape index (κ1) is 13.8. The molecule has 0 heterocycles. The number of hydrogen-bond acceptors (Lipinski definition) is 3. The van der Waals surface area contributed by atoms with Crippen molar-refractivity contribution in [1.82, 2.24) is 0 Å². The first-order valence-electron chi connectivity index (χ1n) is 5.50. The Morgan fingerprint density at radius 3 is 2.35 bits per heavy atom. The molecular weight excluding hydrogens is 213 g/mol. The van der Waals surface area contributed by atoms with Gasteiger partial charge in [0.1, 0.15) is 0 Å². The second-order valence-electron chi connectivity index (χ2n) is 5.00. The van der Waals surface area contributed by atoms with Gasteiger partial charge in [0.2, 0.25) is 0 Å². The smallest absolute Gasteiger partial charge is 0.332 e. The summed E-state index contributed by atoms with van der Waals surface area (Å²) in [5.74, 6) is 0. The van der Waals surface area contributed by atoms with E-state index in [9.17, 15) is 5.11 Å². The molecule has 0 unspecified atom stereocenters. The number of nitrogens with zero attached hydrogens (tertiary/aromatic N) is 1. The van der Waals surface area contributed by atoms with Crippen LogP contribution in [0.4, 0.5) is 0 Å². The van der Waals surface area contributed by atoms with Crippen LogP contribution >= 0.6 is 0 Å². The van der Waals surface area contributed by atoms with Crippen LogP contribution in [0.3, 0.4) is 0 Å². The molecule has 4 heteroatoms. The third-order valence-electron chi connectivity index (χ3n) is 3.04. The van der Waals surface area contributed by atoms with Crippen LogP contribution < -0.4 is 5.46 Å². The van der Waals surface area contributed by atoms with Crippen molar-refractivity contribution in [1.29, 1.82) is 5.26 Å². The highest BCUT2D eigenvalue weighted by Gasteiger charge is 2.35. The second-order valence-corrected chi connectivity index (χ2v) is 5.00. The molecule has 0 saturated carbocycles. The maximum absolute atomic E-state index is 9.94. The molecule has 1 radical (unpaired) electrons. The number of rotatable bonds is 4. The number of benzene rings is 1. The second kappa shape index (κ2) is 4.91. The number of aliphatic hydroxyl groups is 1. The summed E-state index contributed by atoms with van der Waals surface area (Å²) in [6, 6.07) is 9.27. The van der Waals surface area contributed by atoms with Crippen molar-refractivity contribution in [3.63, 3.8) is 0 Å². The molecule has 1 rings (SSSR count). The Hall–Kier alpha value is -1.31. The lowest BCUT2D eigenvalue weighted by Crippen LogP contribution is -2.49. The Bertz CT molecular complexity index is 430. The van der Waals surface area contributed by atoms with Crippen LogP contribution in [-0.2, 0) is 4.65 Å². The average molecular weight is 230 g/mol. The maximum Gasteiger partial charge on any atom is 0.332 e. The van der Waals surface area contributed by atoms with E-state index in [2.05, 4.69) is 6.07 Å². The van der Waals surface area contributed by atoms with Gasteiger partial charge in [-0.3, -0.25) is 0 Å². The fourth-order valence-corrected chi connectivity index (χ4v) is 1.06. The molecule has 0 aliphatic carbocycles. The third-order valence-corrected chi connectivity index (χ3v) is 3.04. The van der Waals surface area contributed by atoms with Gasteiger partial charge in [-0.1, -0.05) is 18.2 Å². The van der Waals surface area contributed by atoms with Crippen LogP contribution in [0.25, 0.3) is 0 Å². The molecule has 1 aromatic rings. The van der Waals surface area contributed by atoms with Gasteiger partial charge in [0.25, 0.3) is 0 Å². The Labute approximate surface area is 103 Å². The van der Waals surface area contributed by atoms with Gasteiger partial charge >= 0.3 is 7.48 Å². The van der Waals surface area contributed by atoms with Gasteiger partial charge in [-0.2, -0.15) is 5.26 Å². The van der Waals surface area contributed by atoms with E-state index in [1.54, 1.807) is 45.9 Å². The summed E-state index contributed by atoms with van der Waals surface area (Å²) in [6.07, 6.45) is 0. The quantitative estimate of drug-likeness (QED) is 0.794. The van der Waals surface area contributed by atoms with E-state index in [1.165, 1.54) is 7.48 Å². The van der Waals surface area contributed by atoms with Gasteiger partial charge < -0.3 is 9.76 Å². The zero-order valence-electron chi connectivity index (χ0n) is 10.7. The van der Waals surface area contributed by atoms with Gasteiger partial charge in [-0.05, 0) is 39.2 Å². The summed E-state index contributed by atoms with van der Waals surface area (Å²) in [5.41, 5.74) is -0.424. The van der Waals surface area contributed by atoms with Crippen molar-refractivity contribution in [3.05, 3.63) is 29.8 Å². The largest absolute Gasteiger partial charge is 0.427 e. The fraction of sp³-hybridized carbons (Fsp3) is 0.462. The van der Waals surface area contributed by atoms with E-state index in [4.69, 9.17) is 9.92 Å². The lowest BCUT2D eigenvalue weighted by molar-refractivity contribution is -0.0893. The fourth-order valence-electron chi connectivity index (χ4n) is 1.06. The SMILES string of the molecule is CC(C)(O)C(C)(C)O[B]c1ccccc1C#N. The van der Waals surface area contributed by atoms with Crippen LogP contribution in [0.1, 0.15) is 33.3 Å². The molecule has 0 aliphatic rings. The molecule has 0 spiro atoms. The van der Waals surface area contributed by atoms with Crippen LogP contribution in [0.2, 0.25) is 0 Å². The van der Waals surface area contributed by atoms with E-state index in [1.807, 2.05) is 6.07 Å². The molecule has 1 N–H and O–H groups in total. The molecule has 89 valence electrons. The standard InChI is InChI=1S/C13H17BNO2/c1-12(2,16)13(3,4)17-14-11-8-6-5-7-10(11)9-15/h5-8,16H,1-4H3. The topological polar surface area (TPSA) is 53.2 Å². The van der Waals surface area contributed by atoms with Gasteiger partial charge in [0.15, 0.2) is 0 Å². The predicted molar refractivity (Wildman–Crippen MR) is 68.0 cm³/mol. The highest BCUT2D eigenvalue weighted by atomic mass is 16.5. The van der Waals surface area contributed by atoms with E-state index in [0.717, 1.165) is 0 Å². The lowest BCUT2D eigenvalue weighted by Gasteiger charge is -2.37. The number of hydrogen-bond donors (Lipinski definition) is 1. The minimum absolute atomic E-state index is 0.555. The summed E-state index contributed by atoms with van der Waals surface area (Å²) in [5, 5.41) is 18.9. The molecule has 0 aliphatic heterocycles. The van der Waals surface area contributed by atoms with E-state index >= 15 is 0 Å². The molecule has 17 heavy (non-hydrogen) atoms. The molecule has 0 amide bonds. The molecule has 0 aromatic heterocycles. The summed E-state index contributed by atoms with van der Waals surface area (Å²) in [4.78, 5) is 0. The van der Waals surface area contributed by atoms with E-state index in [0.29, 0.717) is 11.0 Å². The summed E-state index contributed by atoms with van der Waals surface area (Å²) < 4.78 is 5.60. The predicted octanol–water partition coefficient (Wildman–Crippen LogP) is 1.37. The van der Waals surface area contributed by atoms with Crippen molar-refractivity contribution in [2.45, 2.75) is 38.9 Å². The van der Waals surface area contributed by atoms with Gasteiger partial charge in [0, 0.05) is 5.56 Å². The average Bonchev–Trinajstić information content (AvgIpc) is 2.25. The van der Waals surface area contributed by atoms with Gasteiger partial charge in [-0.15, -0.1) is 0 Å². The normalized spacial score (nSPS) is 12.0. The van der Waals surface area contributed by atoms with Gasteiger partial charge in [-0.25, -0.2) is 0 Å². The summed E-state index contributed by atoms with van der Waals surface area (Å²) in [6.45, 7) is 6.99. The molecule has 0 fully saturated rings. The Kier molecular flexibility index (Phi) is 3.97. The Morgan fingerprint density at radius 2 is 1.82 bits per heavy atom. The van der Waals surface area contributed by atoms with Crippen molar-refractivity contribution in [2.75, 3.05) is 0 Å². The highest BCUT2D eigenvalue weighted by molar-refractivity contribution is 6.48. The van der Waals surface area contributed by atoms with Crippen LogP contribution in [-0.4, -0.2) is 23.8 Å². The lowest BCUT2D eigenvalue weighted by atomic mass is 9.80. The molecule has 0 atom stereocenters. The summed E-state index contributed by atoms with van der Waals surface area (Å²) in [7, 11) is 1.52. The number of nitriles is 1. The van der Waals surface area contributed by atoms with E-state index < -0.39 is 11.2 Å². The molecule has 1 aromatic carbocycles. The zero-order chi connectivity index (χ0) is 13.1. The molecule has 3 nitrogen and oxygen atoms in total. The summed E-state index contributed by atoms with van der Waals surface area (Å²) >= 11 is 0. The molecule has 0 saturated heterocycles. The van der Waals surface area contributed by atoms with Crippen LogP contribution in [0.5, 0.6) is 0 Å². The van der Waals surface area contributed by atoms with Crippen molar-refractivity contribution >= 4 is 12.9 Å². The molecule has 0 bridgehead atoms. The van der Waals surface area contributed by atoms with Crippen LogP contribution in [0, 0.1) is 11.3 Å².